The van der Waals surface area contributed by atoms with E-state index in [-0.39, 0.29) is 0 Å². The molecule has 5 nitrogen and oxygen atoms in total. The molecule has 2 aromatic rings. The van der Waals surface area contributed by atoms with E-state index in [1.54, 1.807) is 25.0 Å². The van der Waals surface area contributed by atoms with E-state index in [0.29, 0.717) is 0 Å². The second-order valence-corrected chi connectivity index (χ2v) is 3.21. The van der Waals surface area contributed by atoms with E-state index in [1.807, 2.05) is 35.4 Å². The van der Waals surface area contributed by atoms with Gasteiger partial charge in [-0.25, -0.2) is 9.55 Å². The molecule has 0 radical (unpaired) electrons. The van der Waals surface area contributed by atoms with Crippen LogP contribution >= 0.6 is 0 Å². The summed E-state index contributed by atoms with van der Waals surface area (Å²) in [6.45, 7) is 0. The lowest BCUT2D eigenvalue weighted by Gasteiger charge is -1.95. The van der Waals surface area contributed by atoms with Gasteiger partial charge in [0.2, 0.25) is 11.8 Å². The molecule has 0 aliphatic carbocycles. The van der Waals surface area contributed by atoms with Gasteiger partial charge in [-0.2, -0.15) is 0 Å². The summed E-state index contributed by atoms with van der Waals surface area (Å²) in [6.07, 6.45) is 6.89. The Hall–Kier alpha value is -2.04. The van der Waals surface area contributed by atoms with Gasteiger partial charge in [0.15, 0.2) is 0 Å². The van der Waals surface area contributed by atoms with Gasteiger partial charge in [-0.3, -0.25) is 0 Å². The lowest BCUT2D eigenvalue weighted by atomic mass is 10.5. The third-order valence-electron chi connectivity index (χ3n) is 2.05. The fraction of sp³-hybridized carbons (Fsp3) is 0.200. The van der Waals surface area contributed by atoms with Crippen molar-refractivity contribution < 1.29 is 4.57 Å². The van der Waals surface area contributed by atoms with Crippen LogP contribution in [0.1, 0.15) is 0 Å². The standard InChI is InChI=1S/C10H12N5/c1-14-7-11-5-3-9(14)13-10-4-6-12-8-15(10)2/h3-8H,1-2H3/q+1. The molecule has 0 atom stereocenters. The smallest absolute Gasteiger partial charge is 0.267 e. The molecule has 0 N–H and O–H groups in total. The molecule has 0 fully saturated rings. The van der Waals surface area contributed by atoms with E-state index in [4.69, 9.17) is 0 Å². The van der Waals surface area contributed by atoms with E-state index in [1.165, 1.54) is 0 Å². The molecule has 2 aromatic heterocycles. The molecular weight excluding hydrogens is 190 g/mol. The summed E-state index contributed by atoms with van der Waals surface area (Å²) >= 11 is 0. The van der Waals surface area contributed by atoms with Crippen LogP contribution in [0.5, 0.6) is 0 Å². The first-order valence-electron chi connectivity index (χ1n) is 4.58. The Morgan fingerprint density at radius 3 is 2.80 bits per heavy atom. The average molecular weight is 202 g/mol. The number of aromatic nitrogens is 4. The summed E-state index contributed by atoms with van der Waals surface area (Å²) in [6, 6.07) is 3.72. The SMILES string of the molecule is Cn1cnccc1=Nc1ccnc[n+]1C. The Kier molecular flexibility index (Phi) is 2.53. The monoisotopic (exact) mass is 202 g/mol. The minimum atomic E-state index is 0.854. The molecule has 76 valence electrons. The van der Waals surface area contributed by atoms with Crippen molar-refractivity contribution in [3.63, 3.8) is 0 Å². The summed E-state index contributed by atoms with van der Waals surface area (Å²) in [5.41, 5.74) is 0.854. The van der Waals surface area contributed by atoms with Gasteiger partial charge < -0.3 is 4.57 Å². The van der Waals surface area contributed by atoms with Crippen LogP contribution in [0.4, 0.5) is 5.82 Å². The van der Waals surface area contributed by atoms with Gasteiger partial charge in [0.1, 0.15) is 6.20 Å². The number of hydrogen-bond acceptors (Lipinski definition) is 3. The Labute approximate surface area is 87.4 Å². The number of hydrogen-bond donors (Lipinski definition) is 0. The first-order valence-corrected chi connectivity index (χ1v) is 4.58. The molecular formula is C10H12N5+. The van der Waals surface area contributed by atoms with Gasteiger partial charge in [0.25, 0.3) is 5.82 Å². The predicted octanol–water partition coefficient (Wildman–Crippen LogP) is -0.128. The molecule has 15 heavy (non-hydrogen) atoms. The van der Waals surface area contributed by atoms with Crippen molar-refractivity contribution in [1.82, 2.24) is 14.5 Å². The van der Waals surface area contributed by atoms with E-state index in [2.05, 4.69) is 15.0 Å². The van der Waals surface area contributed by atoms with E-state index < -0.39 is 0 Å². The molecule has 0 aromatic carbocycles. The first kappa shape index (κ1) is 9.51. The highest BCUT2D eigenvalue weighted by Crippen LogP contribution is 1.98. The third-order valence-corrected chi connectivity index (χ3v) is 2.05. The normalized spacial score (nSPS) is 11.7. The molecule has 0 unspecified atom stereocenters. The molecule has 0 bridgehead atoms. The van der Waals surface area contributed by atoms with E-state index in [9.17, 15) is 0 Å². The van der Waals surface area contributed by atoms with Crippen LogP contribution in [0.3, 0.4) is 0 Å². The fourth-order valence-corrected chi connectivity index (χ4v) is 1.20. The topological polar surface area (TPSA) is 47.0 Å². The zero-order chi connectivity index (χ0) is 10.7. The van der Waals surface area contributed by atoms with Gasteiger partial charge in [-0.1, -0.05) is 4.99 Å². The van der Waals surface area contributed by atoms with Crippen molar-refractivity contribution in [2.45, 2.75) is 0 Å². The maximum Gasteiger partial charge on any atom is 0.267 e. The minimum absolute atomic E-state index is 0.854. The number of aryl methyl sites for hydroxylation is 2. The third kappa shape index (κ3) is 2.07. The summed E-state index contributed by atoms with van der Waals surface area (Å²) in [5.74, 6) is 0.854. The molecule has 0 amide bonds. The van der Waals surface area contributed by atoms with Crippen LogP contribution in [0.15, 0.2) is 42.2 Å². The summed E-state index contributed by atoms with van der Waals surface area (Å²) in [7, 11) is 3.82. The van der Waals surface area contributed by atoms with E-state index in [0.717, 1.165) is 11.3 Å². The molecule has 0 saturated heterocycles. The van der Waals surface area contributed by atoms with Crippen LogP contribution in [-0.4, -0.2) is 14.5 Å². The zero-order valence-electron chi connectivity index (χ0n) is 8.70. The van der Waals surface area contributed by atoms with Gasteiger partial charge in [-0.15, -0.1) is 4.98 Å². The van der Waals surface area contributed by atoms with Crippen molar-refractivity contribution in [1.29, 1.82) is 0 Å². The Bertz CT molecular complexity index is 529. The average Bonchev–Trinajstić information content (AvgIpc) is 2.24. The van der Waals surface area contributed by atoms with Crippen LogP contribution in [0.2, 0.25) is 0 Å². The molecule has 0 spiro atoms. The lowest BCUT2D eigenvalue weighted by molar-refractivity contribution is -0.661. The van der Waals surface area contributed by atoms with Crippen LogP contribution in [0, 0.1) is 0 Å². The van der Waals surface area contributed by atoms with E-state index >= 15 is 0 Å². The first-order chi connectivity index (χ1) is 7.27. The highest BCUT2D eigenvalue weighted by Gasteiger charge is 2.01. The Morgan fingerprint density at radius 1 is 1.27 bits per heavy atom. The van der Waals surface area contributed by atoms with Gasteiger partial charge in [0.05, 0.1) is 13.4 Å². The van der Waals surface area contributed by atoms with Gasteiger partial charge in [0, 0.05) is 25.4 Å². The lowest BCUT2D eigenvalue weighted by Crippen LogP contribution is -2.29. The highest BCUT2D eigenvalue weighted by molar-refractivity contribution is 5.16. The fourth-order valence-electron chi connectivity index (χ4n) is 1.20. The molecule has 0 aliphatic rings. The molecule has 2 heterocycles. The number of nitrogens with zero attached hydrogens (tertiary/aromatic N) is 5. The molecule has 2 rings (SSSR count). The summed E-state index contributed by atoms with van der Waals surface area (Å²) in [4.78, 5) is 12.5. The maximum atomic E-state index is 4.49. The van der Waals surface area contributed by atoms with Gasteiger partial charge in [-0.05, 0) is 0 Å². The van der Waals surface area contributed by atoms with Crippen LogP contribution in [0.25, 0.3) is 0 Å². The zero-order valence-corrected chi connectivity index (χ0v) is 8.70. The highest BCUT2D eigenvalue weighted by atomic mass is 15.1. The summed E-state index contributed by atoms with van der Waals surface area (Å²) < 4.78 is 3.72. The minimum Gasteiger partial charge on any atom is -0.306 e. The van der Waals surface area contributed by atoms with Crippen molar-refractivity contribution >= 4 is 5.82 Å². The second-order valence-electron chi connectivity index (χ2n) is 3.21. The van der Waals surface area contributed by atoms with Crippen LogP contribution in [-0.2, 0) is 14.1 Å². The van der Waals surface area contributed by atoms with Gasteiger partial charge >= 0.3 is 0 Å². The second kappa shape index (κ2) is 4.00. The molecule has 0 saturated carbocycles. The predicted molar refractivity (Wildman–Crippen MR) is 53.8 cm³/mol. The number of rotatable bonds is 1. The molecule has 0 aliphatic heterocycles. The maximum absolute atomic E-state index is 4.49. The quantitative estimate of drug-likeness (QED) is 0.605. The van der Waals surface area contributed by atoms with Crippen molar-refractivity contribution in [3.8, 4) is 0 Å². The van der Waals surface area contributed by atoms with Crippen molar-refractivity contribution in [2.24, 2.45) is 19.1 Å². The van der Waals surface area contributed by atoms with Crippen molar-refractivity contribution in [3.05, 3.63) is 42.7 Å². The molecule has 5 heteroatoms. The Morgan fingerprint density at radius 2 is 2.07 bits per heavy atom. The van der Waals surface area contributed by atoms with Crippen molar-refractivity contribution in [2.75, 3.05) is 0 Å². The summed E-state index contributed by atoms with van der Waals surface area (Å²) in [5, 5.41) is 0. The Balaban J connectivity index is 2.57. The van der Waals surface area contributed by atoms with Crippen LogP contribution < -0.4 is 10.1 Å². The largest absolute Gasteiger partial charge is 0.306 e.